The molecule has 3 amide bonds. The number of aryl methyl sites for hydroxylation is 1. The van der Waals surface area contributed by atoms with Crippen molar-refractivity contribution in [2.24, 2.45) is 5.73 Å². The summed E-state index contributed by atoms with van der Waals surface area (Å²) in [5.74, 6) is -0.414. The minimum Gasteiger partial charge on any atom is -0.338 e. The maximum Gasteiger partial charge on any atom is 0.321 e. The third-order valence-electron chi connectivity index (χ3n) is 2.85. The number of nitrogens with one attached hydrogen (secondary N) is 2. The highest BCUT2D eigenvalue weighted by molar-refractivity contribution is 5.94. The van der Waals surface area contributed by atoms with E-state index in [-0.39, 0.29) is 6.54 Å². The van der Waals surface area contributed by atoms with Crippen LogP contribution >= 0.6 is 0 Å². The minimum absolute atomic E-state index is 0.0227. The Morgan fingerprint density at radius 2 is 2.14 bits per heavy atom. The van der Waals surface area contributed by atoms with E-state index >= 15 is 0 Å². The Hall–Kier alpha value is -1.96. The fraction of sp³-hybridized carbons (Fsp3) is 0.692. The van der Waals surface area contributed by atoms with E-state index in [1.54, 1.807) is 6.20 Å². The van der Waals surface area contributed by atoms with Gasteiger partial charge < -0.3 is 11.1 Å². The highest BCUT2D eigenvalue weighted by Crippen LogP contribution is 2.00. The first kappa shape index (κ1) is 17.1. The van der Waals surface area contributed by atoms with Crippen molar-refractivity contribution in [1.29, 1.82) is 0 Å². The monoisotopic (exact) mass is 296 g/mol. The molecule has 21 heavy (non-hydrogen) atoms. The molecule has 0 spiro atoms. The molecule has 0 saturated carbocycles. The molecular weight excluding hydrogens is 272 g/mol. The van der Waals surface area contributed by atoms with Gasteiger partial charge in [0.25, 0.3) is 0 Å². The smallest absolute Gasteiger partial charge is 0.321 e. The average Bonchev–Trinajstić information content (AvgIpc) is 2.86. The number of imide groups is 1. The largest absolute Gasteiger partial charge is 0.338 e. The molecule has 0 aliphatic carbocycles. The first-order valence-corrected chi connectivity index (χ1v) is 7.32. The van der Waals surface area contributed by atoms with Gasteiger partial charge in [0.15, 0.2) is 0 Å². The second kappa shape index (κ2) is 9.87. The minimum atomic E-state index is -0.475. The van der Waals surface area contributed by atoms with Gasteiger partial charge in [-0.2, -0.15) is 0 Å². The summed E-state index contributed by atoms with van der Waals surface area (Å²) in [4.78, 5) is 23.0. The van der Waals surface area contributed by atoms with Crippen LogP contribution in [0.2, 0.25) is 0 Å². The van der Waals surface area contributed by atoms with Gasteiger partial charge in [0.2, 0.25) is 5.91 Å². The SMILES string of the molecule is CCCCNC(=O)NC(=O)Cn1cc(CCCCN)nn1. The van der Waals surface area contributed by atoms with Gasteiger partial charge in [0, 0.05) is 12.7 Å². The molecule has 0 atom stereocenters. The maximum atomic E-state index is 11.6. The van der Waals surface area contributed by atoms with Crippen molar-refractivity contribution >= 4 is 11.9 Å². The molecule has 0 fully saturated rings. The van der Waals surface area contributed by atoms with Gasteiger partial charge in [-0.3, -0.25) is 10.1 Å². The molecule has 0 radical (unpaired) electrons. The van der Waals surface area contributed by atoms with Gasteiger partial charge in [-0.05, 0) is 32.2 Å². The third kappa shape index (κ3) is 7.40. The number of amides is 3. The number of hydrogen-bond acceptors (Lipinski definition) is 5. The Labute approximate surface area is 124 Å². The summed E-state index contributed by atoms with van der Waals surface area (Å²) < 4.78 is 1.42. The molecule has 0 unspecified atom stereocenters. The summed E-state index contributed by atoms with van der Waals surface area (Å²) in [7, 11) is 0. The molecule has 8 nitrogen and oxygen atoms in total. The van der Waals surface area contributed by atoms with Gasteiger partial charge in [-0.25, -0.2) is 9.48 Å². The average molecular weight is 296 g/mol. The van der Waals surface area contributed by atoms with Crippen molar-refractivity contribution in [2.45, 2.75) is 45.6 Å². The number of nitrogens with two attached hydrogens (primary N) is 1. The Bertz CT molecular complexity index is 446. The summed E-state index contributed by atoms with van der Waals surface area (Å²) in [6.07, 6.45) is 6.25. The Balaban J connectivity index is 2.29. The molecule has 1 aromatic rings. The fourth-order valence-corrected chi connectivity index (χ4v) is 1.72. The van der Waals surface area contributed by atoms with E-state index in [1.807, 2.05) is 6.92 Å². The van der Waals surface area contributed by atoms with E-state index in [9.17, 15) is 9.59 Å². The summed E-state index contributed by atoms with van der Waals surface area (Å²) in [5, 5.41) is 12.7. The standard InChI is InChI=1S/C13H24N6O2/c1-2-3-8-15-13(21)16-12(20)10-19-9-11(17-18-19)6-4-5-7-14/h9H,2-8,10,14H2,1H3,(H2,15,16,20,21). The highest BCUT2D eigenvalue weighted by atomic mass is 16.2. The van der Waals surface area contributed by atoms with Gasteiger partial charge in [0.1, 0.15) is 6.54 Å². The summed E-state index contributed by atoms with van der Waals surface area (Å²) in [6, 6.07) is -0.475. The lowest BCUT2D eigenvalue weighted by Crippen LogP contribution is -2.41. The van der Waals surface area contributed by atoms with Crippen LogP contribution in [0.3, 0.4) is 0 Å². The van der Waals surface area contributed by atoms with Crippen molar-refractivity contribution in [3.05, 3.63) is 11.9 Å². The molecule has 4 N–H and O–H groups in total. The molecule has 118 valence electrons. The number of hydrogen-bond donors (Lipinski definition) is 3. The van der Waals surface area contributed by atoms with Crippen LogP contribution in [0, 0.1) is 0 Å². The maximum absolute atomic E-state index is 11.6. The molecule has 1 rings (SSSR count). The van der Waals surface area contributed by atoms with Crippen LogP contribution in [0.5, 0.6) is 0 Å². The van der Waals surface area contributed by atoms with Crippen LogP contribution in [0.1, 0.15) is 38.3 Å². The molecule has 8 heteroatoms. The first-order valence-electron chi connectivity index (χ1n) is 7.32. The number of rotatable bonds is 9. The molecule has 0 bridgehead atoms. The number of aromatic nitrogens is 3. The van der Waals surface area contributed by atoms with Crippen LogP contribution < -0.4 is 16.4 Å². The van der Waals surface area contributed by atoms with Crippen LogP contribution in [-0.4, -0.2) is 40.0 Å². The molecule has 0 aliphatic rings. The van der Waals surface area contributed by atoms with E-state index < -0.39 is 11.9 Å². The van der Waals surface area contributed by atoms with Crippen molar-refractivity contribution < 1.29 is 9.59 Å². The van der Waals surface area contributed by atoms with E-state index in [0.717, 1.165) is 37.8 Å². The second-order valence-corrected chi connectivity index (χ2v) is 4.81. The highest BCUT2D eigenvalue weighted by Gasteiger charge is 2.09. The summed E-state index contributed by atoms with van der Waals surface area (Å²) in [6.45, 7) is 3.22. The number of carbonyl (C=O) groups is 2. The first-order chi connectivity index (χ1) is 10.2. The van der Waals surface area contributed by atoms with Gasteiger partial charge in [-0.1, -0.05) is 18.6 Å². The number of unbranched alkanes of at least 4 members (excludes halogenated alkanes) is 2. The molecule has 1 heterocycles. The zero-order valence-electron chi connectivity index (χ0n) is 12.5. The van der Waals surface area contributed by atoms with E-state index in [2.05, 4.69) is 20.9 Å². The molecule has 0 aromatic carbocycles. The third-order valence-corrected chi connectivity index (χ3v) is 2.85. The van der Waals surface area contributed by atoms with E-state index in [1.165, 1.54) is 4.68 Å². The summed E-state index contributed by atoms with van der Waals surface area (Å²) >= 11 is 0. The zero-order chi connectivity index (χ0) is 15.5. The molecule has 0 aliphatic heterocycles. The summed E-state index contributed by atoms with van der Waals surface area (Å²) in [5.41, 5.74) is 6.24. The Morgan fingerprint density at radius 1 is 1.33 bits per heavy atom. The van der Waals surface area contributed by atoms with E-state index in [0.29, 0.717) is 13.1 Å². The van der Waals surface area contributed by atoms with Crippen molar-refractivity contribution in [2.75, 3.05) is 13.1 Å². The molecule has 0 saturated heterocycles. The van der Waals surface area contributed by atoms with Crippen molar-refractivity contribution in [3.8, 4) is 0 Å². The predicted molar refractivity (Wildman–Crippen MR) is 78.5 cm³/mol. The fourth-order valence-electron chi connectivity index (χ4n) is 1.72. The van der Waals surface area contributed by atoms with E-state index in [4.69, 9.17) is 5.73 Å². The van der Waals surface area contributed by atoms with Crippen LogP contribution in [0.4, 0.5) is 4.79 Å². The lowest BCUT2D eigenvalue weighted by Gasteiger charge is -2.05. The van der Waals surface area contributed by atoms with Crippen LogP contribution in [-0.2, 0) is 17.8 Å². The lowest BCUT2D eigenvalue weighted by molar-refractivity contribution is -0.120. The topological polar surface area (TPSA) is 115 Å². The van der Waals surface area contributed by atoms with Gasteiger partial charge in [0.05, 0.1) is 5.69 Å². The van der Waals surface area contributed by atoms with Gasteiger partial charge in [-0.15, -0.1) is 5.10 Å². The number of urea groups is 1. The van der Waals surface area contributed by atoms with Crippen molar-refractivity contribution in [1.82, 2.24) is 25.6 Å². The Morgan fingerprint density at radius 3 is 2.86 bits per heavy atom. The molecular formula is C13H24N6O2. The molecule has 1 aromatic heterocycles. The van der Waals surface area contributed by atoms with Crippen LogP contribution in [0.15, 0.2) is 6.20 Å². The lowest BCUT2D eigenvalue weighted by atomic mass is 10.2. The second-order valence-electron chi connectivity index (χ2n) is 4.81. The van der Waals surface area contributed by atoms with Crippen molar-refractivity contribution in [3.63, 3.8) is 0 Å². The van der Waals surface area contributed by atoms with Gasteiger partial charge >= 0.3 is 6.03 Å². The number of nitrogens with zero attached hydrogens (tertiary/aromatic N) is 3. The number of carbonyl (C=O) groups excluding carboxylic acids is 2. The quantitative estimate of drug-likeness (QED) is 0.562. The predicted octanol–water partition coefficient (Wildman–Crippen LogP) is 0.185. The Kier molecular flexibility index (Phi) is 8.03. The zero-order valence-corrected chi connectivity index (χ0v) is 12.5. The normalized spacial score (nSPS) is 10.4. The van der Waals surface area contributed by atoms with Crippen LogP contribution in [0.25, 0.3) is 0 Å².